The summed E-state index contributed by atoms with van der Waals surface area (Å²) in [5.41, 5.74) is 1.13. The number of hydrogen-bond acceptors (Lipinski definition) is 5. The highest BCUT2D eigenvalue weighted by Gasteiger charge is 2.24. The summed E-state index contributed by atoms with van der Waals surface area (Å²) < 4.78 is 0. The molecule has 1 unspecified atom stereocenters. The fourth-order valence-corrected chi connectivity index (χ4v) is 4.67. The van der Waals surface area contributed by atoms with Crippen LogP contribution in [0.4, 0.5) is 5.69 Å². The van der Waals surface area contributed by atoms with E-state index in [2.05, 4.69) is 17.1 Å². The zero-order valence-electron chi connectivity index (χ0n) is 16.5. The van der Waals surface area contributed by atoms with Gasteiger partial charge in [0.05, 0.1) is 9.82 Å². The van der Waals surface area contributed by atoms with Crippen LogP contribution in [-0.4, -0.2) is 41.4 Å². The van der Waals surface area contributed by atoms with Gasteiger partial charge in [0.25, 0.3) is 11.6 Å². The summed E-state index contributed by atoms with van der Waals surface area (Å²) in [6, 6.07) is 10.4. The molecule has 0 bridgehead atoms. The molecule has 1 aliphatic rings. The summed E-state index contributed by atoms with van der Waals surface area (Å²) in [5, 5.41) is 15.2. The predicted molar refractivity (Wildman–Crippen MR) is 116 cm³/mol. The molecule has 3 rings (SSSR count). The van der Waals surface area contributed by atoms with Crippen molar-refractivity contribution in [2.75, 3.05) is 19.6 Å². The molecule has 0 spiro atoms. The van der Waals surface area contributed by atoms with Crippen LogP contribution >= 0.6 is 23.4 Å². The Labute approximate surface area is 179 Å². The van der Waals surface area contributed by atoms with E-state index in [1.165, 1.54) is 17.8 Å². The fourth-order valence-electron chi connectivity index (χ4n) is 3.55. The number of carbonyl (C=O) groups excluding carboxylic acids is 1. The molecular formula is C21H24ClN3O3S. The van der Waals surface area contributed by atoms with E-state index in [0.717, 1.165) is 36.4 Å². The molecule has 6 nitrogen and oxygen atoms in total. The minimum atomic E-state index is -0.447. The van der Waals surface area contributed by atoms with Crippen molar-refractivity contribution in [3.8, 4) is 0 Å². The highest BCUT2D eigenvalue weighted by Crippen LogP contribution is 2.36. The molecule has 1 amide bonds. The second kappa shape index (κ2) is 9.61. The van der Waals surface area contributed by atoms with Crippen molar-refractivity contribution in [1.82, 2.24) is 10.2 Å². The second-order valence-corrected chi connectivity index (χ2v) is 8.61. The molecule has 29 heavy (non-hydrogen) atoms. The van der Waals surface area contributed by atoms with E-state index >= 15 is 0 Å². The van der Waals surface area contributed by atoms with Crippen molar-refractivity contribution in [3.05, 3.63) is 62.7 Å². The molecule has 1 heterocycles. The smallest absolute Gasteiger partial charge is 0.284 e. The zero-order chi connectivity index (χ0) is 21.0. The largest absolute Gasteiger partial charge is 0.350 e. The number of carbonyl (C=O) groups is 1. The molecule has 1 N–H and O–H groups in total. The van der Waals surface area contributed by atoms with Gasteiger partial charge in [-0.3, -0.25) is 19.8 Å². The van der Waals surface area contributed by atoms with Crippen LogP contribution in [0, 0.1) is 17.0 Å². The van der Waals surface area contributed by atoms with Crippen LogP contribution < -0.4 is 5.32 Å². The minimum Gasteiger partial charge on any atom is -0.350 e. The van der Waals surface area contributed by atoms with Crippen molar-refractivity contribution in [3.63, 3.8) is 0 Å². The number of nitrogens with one attached hydrogen (secondary N) is 1. The quantitative estimate of drug-likeness (QED) is 0.495. The maximum atomic E-state index is 12.5. The van der Waals surface area contributed by atoms with Crippen molar-refractivity contribution in [1.29, 1.82) is 0 Å². The number of nitro groups is 1. The number of likely N-dealkylation sites (tertiary alicyclic amines) is 1. The molecule has 154 valence electrons. The SMILES string of the molecule is CCN1CCCC1CNC(=O)c1ccc(Sc2ccc(Cl)c(C)c2)c([N+](=O)[O-])c1. The number of benzene rings is 2. The lowest BCUT2D eigenvalue weighted by Crippen LogP contribution is -2.40. The number of nitro benzene ring substituents is 1. The number of rotatable bonds is 7. The maximum absolute atomic E-state index is 12.5. The summed E-state index contributed by atoms with van der Waals surface area (Å²) in [4.78, 5) is 27.4. The number of amides is 1. The molecule has 1 atom stereocenters. The lowest BCUT2D eigenvalue weighted by molar-refractivity contribution is -0.387. The Bertz CT molecular complexity index is 922. The number of nitrogens with zero attached hydrogens (tertiary/aromatic N) is 2. The molecule has 0 radical (unpaired) electrons. The average Bonchev–Trinajstić information content (AvgIpc) is 3.16. The first kappa shape index (κ1) is 21.6. The molecule has 8 heteroatoms. The van der Waals surface area contributed by atoms with Gasteiger partial charge in [-0.2, -0.15) is 0 Å². The molecule has 1 aliphatic heterocycles. The van der Waals surface area contributed by atoms with Crippen molar-refractivity contribution >= 4 is 35.0 Å². The van der Waals surface area contributed by atoms with Gasteiger partial charge in [-0.1, -0.05) is 30.3 Å². The summed E-state index contributed by atoms with van der Waals surface area (Å²) >= 11 is 7.34. The second-order valence-electron chi connectivity index (χ2n) is 7.09. The zero-order valence-corrected chi connectivity index (χ0v) is 18.1. The van der Waals surface area contributed by atoms with Crippen LogP contribution in [0.5, 0.6) is 0 Å². The molecule has 0 saturated carbocycles. The van der Waals surface area contributed by atoms with Gasteiger partial charge in [-0.05, 0) is 68.8 Å². The summed E-state index contributed by atoms with van der Waals surface area (Å²) in [7, 11) is 0. The van der Waals surface area contributed by atoms with Gasteiger partial charge >= 0.3 is 0 Å². The van der Waals surface area contributed by atoms with Crippen LogP contribution in [0.25, 0.3) is 0 Å². The van der Waals surface area contributed by atoms with E-state index in [-0.39, 0.29) is 11.6 Å². The van der Waals surface area contributed by atoms with Crippen LogP contribution in [0.15, 0.2) is 46.2 Å². The third-order valence-electron chi connectivity index (χ3n) is 5.18. The van der Waals surface area contributed by atoms with Crippen LogP contribution in [0.2, 0.25) is 5.02 Å². The maximum Gasteiger partial charge on any atom is 0.284 e. The molecular weight excluding hydrogens is 410 g/mol. The summed E-state index contributed by atoms with van der Waals surface area (Å²) in [6.45, 7) is 6.57. The Morgan fingerprint density at radius 3 is 2.83 bits per heavy atom. The monoisotopic (exact) mass is 433 g/mol. The number of aryl methyl sites for hydroxylation is 1. The van der Waals surface area contributed by atoms with E-state index in [9.17, 15) is 14.9 Å². The average molecular weight is 434 g/mol. The van der Waals surface area contributed by atoms with Gasteiger partial charge in [0.15, 0.2) is 0 Å². The van der Waals surface area contributed by atoms with Gasteiger partial charge < -0.3 is 5.32 Å². The Balaban J connectivity index is 1.73. The Kier molecular flexibility index (Phi) is 7.16. The lowest BCUT2D eigenvalue weighted by Gasteiger charge is -2.22. The highest BCUT2D eigenvalue weighted by atomic mass is 35.5. The molecule has 1 saturated heterocycles. The number of likely N-dealkylation sites (N-methyl/N-ethyl adjacent to an activating group) is 1. The third kappa shape index (κ3) is 5.29. The third-order valence-corrected chi connectivity index (χ3v) is 6.66. The first-order chi connectivity index (χ1) is 13.9. The number of hydrogen-bond donors (Lipinski definition) is 1. The number of halogens is 1. The van der Waals surface area contributed by atoms with Crippen molar-refractivity contribution in [2.24, 2.45) is 0 Å². The van der Waals surface area contributed by atoms with E-state index in [1.54, 1.807) is 18.2 Å². The molecule has 2 aromatic carbocycles. The van der Waals surface area contributed by atoms with E-state index < -0.39 is 4.92 Å². The summed E-state index contributed by atoms with van der Waals surface area (Å²) in [5.74, 6) is -0.282. The highest BCUT2D eigenvalue weighted by molar-refractivity contribution is 7.99. The minimum absolute atomic E-state index is 0.0775. The van der Waals surface area contributed by atoms with Gasteiger partial charge in [0, 0.05) is 34.1 Å². The van der Waals surface area contributed by atoms with Crippen LogP contribution in [0.3, 0.4) is 0 Å². The Morgan fingerprint density at radius 2 is 2.14 bits per heavy atom. The topological polar surface area (TPSA) is 75.5 Å². The first-order valence-corrected chi connectivity index (χ1v) is 10.8. The molecule has 2 aromatic rings. The Morgan fingerprint density at radius 1 is 1.34 bits per heavy atom. The normalized spacial score (nSPS) is 16.7. The van der Waals surface area contributed by atoms with Crippen LogP contribution in [0.1, 0.15) is 35.7 Å². The van der Waals surface area contributed by atoms with Crippen LogP contribution in [-0.2, 0) is 0 Å². The van der Waals surface area contributed by atoms with E-state index in [0.29, 0.717) is 28.1 Å². The molecule has 0 aliphatic carbocycles. The van der Waals surface area contributed by atoms with Gasteiger partial charge in [-0.25, -0.2) is 0 Å². The lowest BCUT2D eigenvalue weighted by atomic mass is 10.1. The Hall–Kier alpha value is -2.09. The van der Waals surface area contributed by atoms with Gasteiger partial charge in [-0.15, -0.1) is 0 Å². The standard InChI is InChI=1S/C21H24ClN3O3S/c1-3-24-10-4-5-16(24)13-23-21(26)15-6-9-20(19(12-15)25(27)28)29-17-7-8-18(22)14(2)11-17/h6-9,11-12,16H,3-5,10,13H2,1-2H3,(H,23,26). The molecule has 1 fully saturated rings. The fraction of sp³-hybridized carbons (Fsp3) is 0.381. The van der Waals surface area contributed by atoms with Crippen molar-refractivity contribution in [2.45, 2.75) is 42.5 Å². The predicted octanol–water partition coefficient (Wildman–Crippen LogP) is 4.92. The summed E-state index contributed by atoms with van der Waals surface area (Å²) in [6.07, 6.45) is 2.19. The van der Waals surface area contributed by atoms with E-state index in [4.69, 9.17) is 11.6 Å². The van der Waals surface area contributed by atoms with Gasteiger partial charge in [0.2, 0.25) is 0 Å². The molecule has 0 aromatic heterocycles. The first-order valence-electron chi connectivity index (χ1n) is 9.63. The van der Waals surface area contributed by atoms with Crippen molar-refractivity contribution < 1.29 is 9.72 Å². The van der Waals surface area contributed by atoms with E-state index in [1.807, 2.05) is 19.1 Å². The van der Waals surface area contributed by atoms with Gasteiger partial charge in [0.1, 0.15) is 0 Å².